The Morgan fingerprint density at radius 1 is 1.16 bits per heavy atom. The minimum Gasteiger partial charge on any atom is -0.389 e. The van der Waals surface area contributed by atoms with Gasteiger partial charge in [0.2, 0.25) is 0 Å². The van der Waals surface area contributed by atoms with Crippen molar-refractivity contribution in [3.05, 3.63) is 86.8 Å². The first-order valence-electron chi connectivity index (χ1n) is 11.2. The highest BCUT2D eigenvalue weighted by Gasteiger charge is 2.51. The summed E-state index contributed by atoms with van der Waals surface area (Å²) in [5, 5.41) is 23.0. The van der Waals surface area contributed by atoms with Gasteiger partial charge in [-0.25, -0.2) is 0 Å². The minimum atomic E-state index is -4.71. The van der Waals surface area contributed by atoms with Crippen LogP contribution in [0.4, 0.5) is 13.2 Å². The highest BCUT2D eigenvalue weighted by Crippen LogP contribution is 2.42. The van der Waals surface area contributed by atoms with Crippen molar-refractivity contribution in [3.8, 4) is 5.69 Å². The van der Waals surface area contributed by atoms with Gasteiger partial charge in [0.25, 0.3) is 0 Å². The van der Waals surface area contributed by atoms with Gasteiger partial charge in [-0.15, -0.1) is 10.2 Å². The van der Waals surface area contributed by atoms with Gasteiger partial charge in [-0.1, -0.05) is 47.0 Å². The second kappa shape index (κ2) is 9.93. The van der Waals surface area contributed by atoms with Crippen LogP contribution in [0.25, 0.3) is 16.1 Å². The molecule has 1 aromatic heterocycles. The molecule has 0 radical (unpaired) electrons. The van der Waals surface area contributed by atoms with Crippen LogP contribution in [0.1, 0.15) is 35.2 Å². The van der Waals surface area contributed by atoms with Gasteiger partial charge in [-0.2, -0.15) is 13.2 Å². The molecule has 2 fully saturated rings. The lowest BCUT2D eigenvalue weighted by molar-refractivity contribution is -0.309. The summed E-state index contributed by atoms with van der Waals surface area (Å²) in [6, 6.07) is 11.0. The van der Waals surface area contributed by atoms with E-state index in [4.69, 9.17) is 25.8 Å². The van der Waals surface area contributed by atoms with Gasteiger partial charge in [-0.3, -0.25) is 4.57 Å². The zero-order valence-corrected chi connectivity index (χ0v) is 19.9. The molecule has 14 heteroatoms. The molecule has 0 saturated carbocycles. The predicted octanol–water partition coefficient (Wildman–Crippen LogP) is 4.84. The first-order chi connectivity index (χ1) is 17.7. The first-order valence-corrected chi connectivity index (χ1v) is 11.6. The normalized spacial score (nSPS) is 27.8. The molecule has 0 spiro atoms. The van der Waals surface area contributed by atoms with Crippen LogP contribution in [0.5, 0.6) is 0 Å². The second-order valence-electron chi connectivity index (χ2n) is 8.56. The van der Waals surface area contributed by atoms with Crippen LogP contribution in [0, 0.1) is 6.92 Å². The van der Waals surface area contributed by atoms with Gasteiger partial charge in [0.1, 0.15) is 24.1 Å². The Kier molecular flexibility index (Phi) is 6.84. The van der Waals surface area contributed by atoms with Gasteiger partial charge in [0.05, 0.1) is 30.0 Å². The lowest BCUT2D eigenvalue weighted by Crippen LogP contribution is -2.58. The summed E-state index contributed by atoms with van der Waals surface area (Å²) < 4.78 is 60.5. The quantitative estimate of drug-likeness (QED) is 0.289. The number of aliphatic hydroxyl groups is 1. The number of azide groups is 1. The lowest BCUT2D eigenvalue weighted by Gasteiger charge is -2.46. The summed E-state index contributed by atoms with van der Waals surface area (Å²) >= 11 is 6.03. The number of hydrogen-bond acceptors (Lipinski definition) is 7. The summed E-state index contributed by atoms with van der Waals surface area (Å²) in [4.78, 5) is 2.85. The molecule has 5 rings (SSSR count). The maximum Gasteiger partial charge on any atom is 0.418 e. The number of benzene rings is 2. The largest absolute Gasteiger partial charge is 0.418 e. The van der Waals surface area contributed by atoms with Crippen molar-refractivity contribution in [1.82, 2.24) is 14.8 Å². The highest BCUT2D eigenvalue weighted by molar-refractivity contribution is 6.30. The van der Waals surface area contributed by atoms with Gasteiger partial charge < -0.3 is 19.3 Å². The van der Waals surface area contributed by atoms with E-state index in [1.807, 2.05) is 18.2 Å². The van der Waals surface area contributed by atoms with Gasteiger partial charge in [0, 0.05) is 15.5 Å². The summed E-state index contributed by atoms with van der Waals surface area (Å²) in [5.41, 5.74) is 8.60. The average Bonchev–Trinajstić information content (AvgIpc) is 3.26. The Morgan fingerprint density at radius 2 is 1.92 bits per heavy atom. The molecule has 2 aliphatic heterocycles. The molecular weight excluding hydrogens is 517 g/mol. The fraction of sp³-hybridized carbons (Fsp3) is 0.391. The van der Waals surface area contributed by atoms with E-state index in [0.717, 1.165) is 22.8 Å². The van der Waals surface area contributed by atoms with Crippen LogP contribution < -0.4 is 0 Å². The van der Waals surface area contributed by atoms with Crippen molar-refractivity contribution in [2.24, 2.45) is 5.11 Å². The van der Waals surface area contributed by atoms with Crippen molar-refractivity contribution in [2.45, 2.75) is 49.8 Å². The maximum atomic E-state index is 13.8. The molecule has 10 nitrogen and oxygen atoms in total. The van der Waals surface area contributed by atoms with Crippen molar-refractivity contribution >= 4 is 11.6 Å². The fourth-order valence-electron chi connectivity index (χ4n) is 4.59. The predicted molar refractivity (Wildman–Crippen MR) is 123 cm³/mol. The maximum absolute atomic E-state index is 13.8. The molecule has 37 heavy (non-hydrogen) atoms. The number of rotatable bonds is 4. The molecular formula is C23H20ClF3N6O4. The van der Waals surface area contributed by atoms with Crippen molar-refractivity contribution in [2.75, 3.05) is 6.61 Å². The number of fused-ring (bicyclic) bond motifs is 1. The monoisotopic (exact) mass is 536 g/mol. The van der Waals surface area contributed by atoms with E-state index >= 15 is 0 Å². The third kappa shape index (κ3) is 4.77. The van der Waals surface area contributed by atoms with Gasteiger partial charge in [-0.05, 0) is 30.7 Å². The molecule has 2 aromatic carbocycles. The molecule has 0 amide bonds. The molecule has 3 aromatic rings. The van der Waals surface area contributed by atoms with Crippen LogP contribution >= 0.6 is 11.6 Å². The van der Waals surface area contributed by atoms with E-state index in [9.17, 15) is 23.8 Å². The van der Waals surface area contributed by atoms with Crippen LogP contribution in [0.3, 0.4) is 0 Å². The number of alkyl halides is 3. The molecule has 6 atom stereocenters. The molecule has 0 bridgehead atoms. The molecule has 2 saturated heterocycles. The van der Waals surface area contributed by atoms with Gasteiger partial charge in [0.15, 0.2) is 12.1 Å². The van der Waals surface area contributed by atoms with E-state index in [2.05, 4.69) is 20.2 Å². The Balaban J connectivity index is 1.53. The van der Waals surface area contributed by atoms with E-state index in [-0.39, 0.29) is 29.0 Å². The molecule has 2 aliphatic rings. The van der Waals surface area contributed by atoms with Crippen LogP contribution in [0.2, 0.25) is 5.02 Å². The second-order valence-corrected chi connectivity index (χ2v) is 8.99. The van der Waals surface area contributed by atoms with Gasteiger partial charge >= 0.3 is 6.18 Å². The minimum absolute atomic E-state index is 0.00296. The summed E-state index contributed by atoms with van der Waals surface area (Å²) in [7, 11) is 0. The molecule has 3 unspecified atom stereocenters. The topological polar surface area (TPSA) is 127 Å². The molecule has 3 heterocycles. The van der Waals surface area contributed by atoms with E-state index < -0.39 is 48.5 Å². The van der Waals surface area contributed by atoms with Crippen molar-refractivity contribution < 1.29 is 32.5 Å². The molecule has 0 aliphatic carbocycles. The summed E-state index contributed by atoms with van der Waals surface area (Å²) in [5.74, 6) is -0.0270. The number of hydrogen-bond donors (Lipinski definition) is 1. The lowest BCUT2D eigenvalue weighted by atomic mass is 9.91. The number of aryl methyl sites for hydroxylation is 1. The number of halogens is 4. The third-order valence-corrected chi connectivity index (χ3v) is 6.48. The SMILES string of the molecule is Cc1nnc([C@@H]2OC3COC(c4ccccc4)O[C@@H]3[C@H](N=[N+]=[N-])C2O)n1-c1cc(Cl)ccc1C(F)(F)F. The fourth-order valence-corrected chi connectivity index (χ4v) is 4.75. The zero-order valence-electron chi connectivity index (χ0n) is 19.2. The average molecular weight is 537 g/mol. The number of nitrogens with zero attached hydrogens (tertiary/aromatic N) is 6. The summed E-state index contributed by atoms with van der Waals surface area (Å²) in [6.07, 6.45) is -10.1. The van der Waals surface area contributed by atoms with E-state index in [1.54, 1.807) is 12.1 Å². The van der Waals surface area contributed by atoms with Crippen LogP contribution in [-0.2, 0) is 20.4 Å². The number of aliphatic hydroxyl groups excluding tert-OH is 1. The van der Waals surface area contributed by atoms with Crippen LogP contribution in [-0.4, -0.2) is 50.8 Å². The summed E-state index contributed by atoms with van der Waals surface area (Å²) in [6.45, 7) is 1.46. The highest BCUT2D eigenvalue weighted by atomic mass is 35.5. The van der Waals surface area contributed by atoms with Crippen LogP contribution in [0.15, 0.2) is 53.6 Å². The zero-order chi connectivity index (χ0) is 26.3. The number of ether oxygens (including phenoxy) is 3. The van der Waals surface area contributed by atoms with E-state index in [1.165, 1.54) is 6.92 Å². The Morgan fingerprint density at radius 3 is 2.62 bits per heavy atom. The third-order valence-electron chi connectivity index (χ3n) is 6.24. The van der Waals surface area contributed by atoms with Crippen molar-refractivity contribution in [1.29, 1.82) is 0 Å². The molecule has 1 N–H and O–H groups in total. The standard InChI is InChI=1S/C23H20ClF3N6O4/c1-11-29-31-21(33(11)15-9-13(24)7-8-14(15)23(25,26)27)20-18(34)17(30-32-28)19-16(36-20)10-35-22(37-19)12-5-3-2-4-6-12/h2-9,16-20,22,34H,10H2,1H3/t16?,17-,18?,19+,20-,22?/m1/s1. The Labute approximate surface area is 213 Å². The number of aromatic nitrogens is 3. The molecule has 194 valence electrons. The van der Waals surface area contributed by atoms with E-state index in [0.29, 0.717) is 5.56 Å². The smallest absolute Gasteiger partial charge is 0.389 e. The van der Waals surface area contributed by atoms with Crippen molar-refractivity contribution in [3.63, 3.8) is 0 Å². The Hall–Kier alpha value is -3.19. The Bertz CT molecular complexity index is 1330. The first kappa shape index (κ1) is 25.5.